The number of nitrogens with one attached hydrogen (secondary N) is 3. The van der Waals surface area contributed by atoms with Gasteiger partial charge in [-0.25, -0.2) is 4.99 Å². The molecule has 0 aliphatic heterocycles. The fraction of sp³-hybridized carbons (Fsp3) is 0.455. The Morgan fingerprint density at radius 2 is 1.90 bits per heavy atom. The molecule has 0 fully saturated rings. The van der Waals surface area contributed by atoms with E-state index in [0.29, 0.717) is 18.8 Å². The molecule has 1 amide bonds. The third-order valence-electron chi connectivity index (χ3n) is 4.43. The highest BCUT2D eigenvalue weighted by Gasteiger charge is 2.24. The Balaban J connectivity index is 1.93. The van der Waals surface area contributed by atoms with E-state index in [-0.39, 0.29) is 23.2 Å². The van der Waals surface area contributed by atoms with Crippen molar-refractivity contribution in [1.82, 2.24) is 10.6 Å². The molecule has 0 spiro atoms. The predicted molar refractivity (Wildman–Crippen MR) is 116 cm³/mol. The zero-order valence-corrected chi connectivity index (χ0v) is 17.9. The molecule has 158 valence electrons. The predicted octanol–water partition coefficient (Wildman–Crippen LogP) is 3.65. The van der Waals surface area contributed by atoms with Crippen LogP contribution in [0.25, 0.3) is 0 Å². The minimum atomic E-state index is -0.272. The molecule has 2 rings (SSSR count). The fourth-order valence-corrected chi connectivity index (χ4v) is 2.74. The lowest BCUT2D eigenvalue weighted by Gasteiger charge is -2.30. The van der Waals surface area contributed by atoms with Gasteiger partial charge in [0.1, 0.15) is 0 Å². The van der Waals surface area contributed by atoms with Crippen LogP contribution in [0.1, 0.15) is 43.8 Å². The van der Waals surface area contributed by atoms with Crippen LogP contribution in [0.3, 0.4) is 0 Å². The zero-order chi connectivity index (χ0) is 21.3. The summed E-state index contributed by atoms with van der Waals surface area (Å²) in [6.07, 6.45) is 1.55. The molecular weight excluding hydrogens is 368 g/mol. The van der Waals surface area contributed by atoms with Gasteiger partial charge in [-0.15, -0.1) is 0 Å². The van der Waals surface area contributed by atoms with Crippen LogP contribution in [0.5, 0.6) is 0 Å². The third-order valence-corrected chi connectivity index (χ3v) is 4.43. The van der Waals surface area contributed by atoms with Crippen LogP contribution in [0.15, 0.2) is 52.1 Å². The largest absolute Gasteiger partial charge is 0.459 e. The summed E-state index contributed by atoms with van der Waals surface area (Å²) in [4.78, 5) is 16.7. The first-order chi connectivity index (χ1) is 13.8. The van der Waals surface area contributed by atoms with Gasteiger partial charge in [0, 0.05) is 25.9 Å². The Labute approximate surface area is 172 Å². The second-order valence-corrected chi connectivity index (χ2v) is 7.79. The second kappa shape index (κ2) is 10.7. The van der Waals surface area contributed by atoms with Crippen molar-refractivity contribution < 1.29 is 13.9 Å². The summed E-state index contributed by atoms with van der Waals surface area (Å²) in [5, 5.41) is 9.40. The Morgan fingerprint density at radius 1 is 1.17 bits per heavy atom. The van der Waals surface area contributed by atoms with Crippen LogP contribution in [0, 0.1) is 5.41 Å². The van der Waals surface area contributed by atoms with Crippen molar-refractivity contribution in [2.75, 3.05) is 25.5 Å². The standard InChI is InChI=1S/C22H32N4O3/c1-6-23-21(25-15-19(28-5)22(2,3)4)24-14-16-9-11-17(12-10-16)26-20(27)18-8-7-13-29-18/h7-13,19H,6,14-15H2,1-5H3,(H,26,27)(H2,23,24,25). The monoisotopic (exact) mass is 400 g/mol. The number of carbonyl (C=O) groups excluding carboxylic acids is 1. The number of guanidine groups is 1. The van der Waals surface area contributed by atoms with Crippen molar-refractivity contribution in [2.45, 2.75) is 40.3 Å². The number of carbonyl (C=O) groups is 1. The Bertz CT molecular complexity index is 777. The van der Waals surface area contributed by atoms with Gasteiger partial charge in [0.05, 0.1) is 18.9 Å². The molecule has 7 heteroatoms. The number of rotatable bonds is 8. The van der Waals surface area contributed by atoms with E-state index in [2.05, 4.69) is 41.7 Å². The first-order valence-corrected chi connectivity index (χ1v) is 9.82. The molecule has 0 saturated heterocycles. The Morgan fingerprint density at radius 3 is 2.45 bits per heavy atom. The fourth-order valence-electron chi connectivity index (χ4n) is 2.74. The van der Waals surface area contributed by atoms with E-state index in [0.717, 1.165) is 18.1 Å². The minimum absolute atomic E-state index is 0.0367. The van der Waals surface area contributed by atoms with Crippen LogP contribution in [0.2, 0.25) is 0 Å². The summed E-state index contributed by atoms with van der Waals surface area (Å²) >= 11 is 0. The van der Waals surface area contributed by atoms with Gasteiger partial charge in [-0.05, 0) is 42.2 Å². The molecule has 0 radical (unpaired) electrons. The normalized spacial score (nSPS) is 13.1. The number of hydrogen-bond acceptors (Lipinski definition) is 4. The van der Waals surface area contributed by atoms with Gasteiger partial charge >= 0.3 is 0 Å². The van der Waals surface area contributed by atoms with Crippen LogP contribution in [0.4, 0.5) is 5.69 Å². The molecule has 1 atom stereocenters. The van der Waals surface area contributed by atoms with E-state index in [1.807, 2.05) is 31.2 Å². The van der Waals surface area contributed by atoms with E-state index in [9.17, 15) is 4.79 Å². The smallest absolute Gasteiger partial charge is 0.291 e. The maximum absolute atomic E-state index is 12.0. The highest BCUT2D eigenvalue weighted by molar-refractivity contribution is 6.02. The third kappa shape index (κ3) is 7.27. The summed E-state index contributed by atoms with van der Waals surface area (Å²) in [7, 11) is 1.73. The summed E-state index contributed by atoms with van der Waals surface area (Å²) in [5.41, 5.74) is 1.78. The van der Waals surface area contributed by atoms with Gasteiger partial charge < -0.3 is 25.1 Å². The van der Waals surface area contributed by atoms with E-state index >= 15 is 0 Å². The number of aliphatic imine (C=N–C) groups is 1. The van der Waals surface area contributed by atoms with Crippen molar-refractivity contribution in [1.29, 1.82) is 0 Å². The van der Waals surface area contributed by atoms with Gasteiger partial charge in [-0.2, -0.15) is 0 Å². The molecule has 0 aliphatic rings. The molecule has 29 heavy (non-hydrogen) atoms. The Hall–Kier alpha value is -2.80. The summed E-state index contributed by atoms with van der Waals surface area (Å²) in [6, 6.07) is 10.9. The lowest BCUT2D eigenvalue weighted by molar-refractivity contribution is 0.0205. The highest BCUT2D eigenvalue weighted by atomic mass is 16.5. The highest BCUT2D eigenvalue weighted by Crippen LogP contribution is 2.21. The van der Waals surface area contributed by atoms with Crippen LogP contribution in [-0.4, -0.2) is 38.2 Å². The number of hydrogen-bond donors (Lipinski definition) is 3. The zero-order valence-electron chi connectivity index (χ0n) is 17.9. The second-order valence-electron chi connectivity index (χ2n) is 7.79. The molecule has 1 aromatic heterocycles. The molecule has 0 aliphatic carbocycles. The lowest BCUT2D eigenvalue weighted by Crippen LogP contribution is -2.45. The number of benzene rings is 1. The van der Waals surface area contributed by atoms with Crippen LogP contribution < -0.4 is 16.0 Å². The van der Waals surface area contributed by atoms with Gasteiger partial charge in [-0.3, -0.25) is 4.79 Å². The van der Waals surface area contributed by atoms with Crippen molar-refractivity contribution >= 4 is 17.6 Å². The molecule has 1 heterocycles. The molecule has 1 aromatic carbocycles. The first-order valence-electron chi connectivity index (χ1n) is 9.82. The maximum Gasteiger partial charge on any atom is 0.291 e. The van der Waals surface area contributed by atoms with E-state index < -0.39 is 0 Å². The quantitative estimate of drug-likeness (QED) is 0.465. The molecule has 0 saturated carbocycles. The molecular formula is C22H32N4O3. The SMILES string of the molecule is CCNC(=NCc1ccc(NC(=O)c2ccco2)cc1)NCC(OC)C(C)(C)C. The van der Waals surface area contributed by atoms with Crippen molar-refractivity contribution in [3.63, 3.8) is 0 Å². The summed E-state index contributed by atoms with van der Waals surface area (Å²) in [6.45, 7) is 10.5. The molecule has 7 nitrogen and oxygen atoms in total. The molecule has 0 bridgehead atoms. The van der Waals surface area contributed by atoms with E-state index in [1.54, 1.807) is 19.2 Å². The molecule has 3 N–H and O–H groups in total. The van der Waals surface area contributed by atoms with Crippen LogP contribution in [-0.2, 0) is 11.3 Å². The van der Waals surface area contributed by atoms with Crippen molar-refractivity contribution in [2.24, 2.45) is 10.4 Å². The number of ether oxygens (including phenoxy) is 1. The Kier molecular flexibility index (Phi) is 8.27. The number of furan rings is 1. The average Bonchev–Trinajstić information content (AvgIpc) is 3.21. The van der Waals surface area contributed by atoms with Crippen molar-refractivity contribution in [3.05, 3.63) is 54.0 Å². The van der Waals surface area contributed by atoms with Gasteiger partial charge in [0.25, 0.3) is 5.91 Å². The average molecular weight is 401 g/mol. The number of anilines is 1. The van der Waals surface area contributed by atoms with Gasteiger partial charge in [0.2, 0.25) is 0 Å². The number of nitrogens with zero attached hydrogens (tertiary/aromatic N) is 1. The molecule has 2 aromatic rings. The minimum Gasteiger partial charge on any atom is -0.459 e. The van der Waals surface area contributed by atoms with Crippen molar-refractivity contribution in [3.8, 4) is 0 Å². The van der Waals surface area contributed by atoms with E-state index in [1.165, 1.54) is 6.26 Å². The van der Waals surface area contributed by atoms with Gasteiger partial charge in [0.15, 0.2) is 11.7 Å². The topological polar surface area (TPSA) is 87.9 Å². The van der Waals surface area contributed by atoms with E-state index in [4.69, 9.17) is 9.15 Å². The van der Waals surface area contributed by atoms with Gasteiger partial charge in [-0.1, -0.05) is 32.9 Å². The summed E-state index contributed by atoms with van der Waals surface area (Å²) < 4.78 is 10.7. The first kappa shape index (κ1) is 22.5. The summed E-state index contributed by atoms with van der Waals surface area (Å²) in [5.74, 6) is 0.754. The lowest BCUT2D eigenvalue weighted by atomic mass is 9.89. The molecule has 1 unspecified atom stereocenters. The number of amides is 1. The maximum atomic E-state index is 12.0. The van der Waals surface area contributed by atoms with Crippen LogP contribution >= 0.6 is 0 Å². The number of methoxy groups -OCH3 is 1.